The summed E-state index contributed by atoms with van der Waals surface area (Å²) in [7, 11) is 0. The van der Waals surface area contributed by atoms with Gasteiger partial charge in [-0.15, -0.1) is 0 Å². The fourth-order valence-corrected chi connectivity index (χ4v) is 4.47. The number of H-pyrrole nitrogens is 1. The van der Waals surface area contributed by atoms with E-state index in [1.165, 1.54) is 0 Å². The predicted octanol–water partition coefficient (Wildman–Crippen LogP) is 3.03. The first kappa shape index (κ1) is 19.2. The number of rotatable bonds is 4. The van der Waals surface area contributed by atoms with Crippen molar-refractivity contribution >= 4 is 29.0 Å². The molecule has 1 aliphatic carbocycles. The molecule has 3 aromatic rings. The lowest BCUT2D eigenvalue weighted by molar-refractivity contribution is 0.0949. The normalized spacial score (nSPS) is 16.7. The summed E-state index contributed by atoms with van der Waals surface area (Å²) in [5.74, 6) is 1.33. The lowest BCUT2D eigenvalue weighted by atomic mass is 10.1. The van der Waals surface area contributed by atoms with Gasteiger partial charge in [-0.1, -0.05) is 12.8 Å². The monoisotopic (exact) mass is 424 g/mol. The van der Waals surface area contributed by atoms with E-state index in [-0.39, 0.29) is 11.5 Å². The van der Waals surface area contributed by atoms with E-state index >= 15 is 0 Å². The molecule has 0 spiro atoms. The van der Waals surface area contributed by atoms with E-state index in [1.807, 2.05) is 9.13 Å². The van der Waals surface area contributed by atoms with Crippen molar-refractivity contribution in [3.05, 3.63) is 50.5 Å². The van der Waals surface area contributed by atoms with Crippen molar-refractivity contribution in [2.45, 2.75) is 64.1 Å². The Labute approximate surface area is 178 Å². The van der Waals surface area contributed by atoms with Gasteiger partial charge in [-0.25, -0.2) is 4.98 Å². The summed E-state index contributed by atoms with van der Waals surface area (Å²) in [6.07, 6.45) is 7.32. The van der Waals surface area contributed by atoms with Crippen LogP contribution in [0.5, 0.6) is 0 Å². The first-order chi connectivity index (χ1) is 14.6. The Morgan fingerprint density at radius 2 is 2.07 bits per heavy atom. The Morgan fingerprint density at radius 3 is 2.90 bits per heavy atom. The topological polar surface area (TPSA) is 97.6 Å². The molecule has 0 atom stereocenters. The minimum atomic E-state index is -0.221. The largest absolute Gasteiger partial charge is 0.345 e. The van der Waals surface area contributed by atoms with Crippen molar-refractivity contribution in [2.75, 3.05) is 0 Å². The average Bonchev–Trinajstić information content (AvgIpc) is 3.49. The molecule has 1 aliphatic heterocycles. The van der Waals surface area contributed by atoms with Gasteiger partial charge in [-0.05, 0) is 56.1 Å². The Kier molecular flexibility index (Phi) is 4.98. The molecule has 1 saturated carbocycles. The fourth-order valence-electron chi connectivity index (χ4n) is 4.17. The third-order valence-corrected chi connectivity index (χ3v) is 6.21. The lowest BCUT2D eigenvalue weighted by Gasteiger charge is -2.16. The van der Waals surface area contributed by atoms with E-state index in [9.17, 15) is 9.59 Å². The molecule has 3 heterocycles. The van der Waals surface area contributed by atoms with Crippen molar-refractivity contribution in [2.24, 2.45) is 0 Å². The van der Waals surface area contributed by atoms with Crippen LogP contribution in [-0.2, 0) is 19.5 Å². The molecule has 30 heavy (non-hydrogen) atoms. The number of nitrogens with zero attached hydrogens (tertiary/aromatic N) is 4. The molecule has 9 heteroatoms. The van der Waals surface area contributed by atoms with Crippen LogP contribution < -0.4 is 10.9 Å². The highest BCUT2D eigenvalue weighted by molar-refractivity contribution is 7.71. The summed E-state index contributed by atoms with van der Waals surface area (Å²) >= 11 is 5.29. The number of fused-ring (bicyclic) bond motifs is 2. The molecule has 1 amide bonds. The van der Waals surface area contributed by atoms with Gasteiger partial charge in [0.05, 0.1) is 17.4 Å². The highest BCUT2D eigenvalue weighted by atomic mass is 32.1. The zero-order valence-electron chi connectivity index (χ0n) is 16.7. The first-order valence-electron chi connectivity index (χ1n) is 10.6. The van der Waals surface area contributed by atoms with E-state index in [0.29, 0.717) is 33.8 Å². The van der Waals surface area contributed by atoms with E-state index in [1.54, 1.807) is 18.2 Å². The van der Waals surface area contributed by atoms with Gasteiger partial charge >= 0.3 is 0 Å². The van der Waals surface area contributed by atoms with E-state index in [2.05, 4.69) is 15.5 Å². The van der Waals surface area contributed by atoms with Crippen LogP contribution in [0.3, 0.4) is 0 Å². The van der Waals surface area contributed by atoms with Gasteiger partial charge in [0, 0.05) is 24.6 Å². The van der Waals surface area contributed by atoms with Crippen LogP contribution in [-0.4, -0.2) is 30.2 Å². The number of amides is 1. The Balaban J connectivity index is 1.40. The van der Waals surface area contributed by atoms with Crippen LogP contribution in [0, 0.1) is 4.77 Å². The maximum atomic E-state index is 12.9. The number of carbonyl (C=O) groups is 1. The zero-order valence-corrected chi connectivity index (χ0v) is 17.5. The summed E-state index contributed by atoms with van der Waals surface area (Å²) in [5.41, 5.74) is 1.06. The van der Waals surface area contributed by atoms with E-state index in [0.717, 1.165) is 63.1 Å². The van der Waals surface area contributed by atoms with Crippen LogP contribution in [0.25, 0.3) is 10.9 Å². The van der Waals surface area contributed by atoms with Gasteiger partial charge in [0.2, 0.25) is 0 Å². The summed E-state index contributed by atoms with van der Waals surface area (Å²) < 4.78 is 4.38. The standard InChI is InChI=1S/C21H24N6O2S/c28-19(22-12-18-24-25-21(30)27(18)14-7-8-14)13-6-9-15-16(11-13)23-17-5-3-1-2-4-10-26(17)20(15)29/h6,9,11,14H,1-5,7-8,10,12H2,(H,22,28)(H,25,30). The smallest absolute Gasteiger partial charge is 0.261 e. The van der Waals surface area contributed by atoms with Gasteiger partial charge < -0.3 is 5.32 Å². The summed E-state index contributed by atoms with van der Waals surface area (Å²) in [6, 6.07) is 5.50. The number of aromatic nitrogens is 5. The highest BCUT2D eigenvalue weighted by Crippen LogP contribution is 2.35. The summed E-state index contributed by atoms with van der Waals surface area (Å²) in [6.45, 7) is 1.01. The Bertz CT molecular complexity index is 1240. The molecule has 0 saturated heterocycles. The third-order valence-electron chi connectivity index (χ3n) is 5.93. The second kappa shape index (κ2) is 7.79. The SMILES string of the molecule is O=C(NCc1n[nH]c(=S)n1C1CC1)c1ccc2c(=O)n3c(nc2c1)CCCCCC3. The van der Waals surface area contributed by atoms with Crippen LogP contribution >= 0.6 is 12.2 Å². The maximum absolute atomic E-state index is 12.9. The first-order valence-corrected chi connectivity index (χ1v) is 11.0. The van der Waals surface area contributed by atoms with Crippen molar-refractivity contribution in [1.29, 1.82) is 0 Å². The minimum absolute atomic E-state index is 0.0103. The molecule has 5 rings (SSSR count). The molecular formula is C21H24N6O2S. The molecule has 1 aromatic carbocycles. The van der Waals surface area contributed by atoms with Gasteiger partial charge in [0.1, 0.15) is 5.82 Å². The zero-order chi connectivity index (χ0) is 20.7. The number of aryl methyl sites for hydroxylation is 1. The van der Waals surface area contributed by atoms with Gasteiger partial charge in [0.25, 0.3) is 11.5 Å². The predicted molar refractivity (Wildman–Crippen MR) is 115 cm³/mol. The molecule has 0 bridgehead atoms. The molecule has 2 aliphatic rings. The number of nitrogens with one attached hydrogen (secondary N) is 2. The maximum Gasteiger partial charge on any atom is 0.261 e. The van der Waals surface area contributed by atoms with Crippen LogP contribution in [0.15, 0.2) is 23.0 Å². The minimum Gasteiger partial charge on any atom is -0.345 e. The van der Waals surface area contributed by atoms with Crippen molar-refractivity contribution < 1.29 is 4.79 Å². The Morgan fingerprint density at radius 1 is 1.23 bits per heavy atom. The second-order valence-electron chi connectivity index (χ2n) is 8.11. The fraction of sp³-hybridized carbons (Fsp3) is 0.476. The van der Waals surface area contributed by atoms with Gasteiger partial charge in [-0.2, -0.15) is 5.10 Å². The van der Waals surface area contributed by atoms with Gasteiger partial charge in [0.15, 0.2) is 10.6 Å². The van der Waals surface area contributed by atoms with E-state index in [4.69, 9.17) is 17.2 Å². The van der Waals surface area contributed by atoms with Crippen LogP contribution in [0.2, 0.25) is 0 Å². The molecule has 1 fully saturated rings. The molecule has 8 nitrogen and oxygen atoms in total. The molecule has 0 radical (unpaired) electrons. The average molecular weight is 425 g/mol. The highest BCUT2D eigenvalue weighted by Gasteiger charge is 2.27. The summed E-state index contributed by atoms with van der Waals surface area (Å²) in [4.78, 5) is 30.4. The number of hydrogen-bond acceptors (Lipinski definition) is 5. The Hall–Kier alpha value is -2.81. The lowest BCUT2D eigenvalue weighted by Crippen LogP contribution is -2.27. The summed E-state index contributed by atoms with van der Waals surface area (Å²) in [5, 5.41) is 10.5. The number of hydrogen-bond donors (Lipinski definition) is 2. The third kappa shape index (κ3) is 3.58. The van der Waals surface area contributed by atoms with Crippen molar-refractivity contribution in [3.8, 4) is 0 Å². The van der Waals surface area contributed by atoms with Crippen molar-refractivity contribution in [1.82, 2.24) is 29.6 Å². The van der Waals surface area contributed by atoms with Crippen LogP contribution in [0.1, 0.15) is 66.6 Å². The molecule has 2 N–H and O–H groups in total. The van der Waals surface area contributed by atoms with E-state index < -0.39 is 0 Å². The quantitative estimate of drug-likeness (QED) is 0.628. The number of aromatic amines is 1. The number of carbonyl (C=O) groups excluding carboxylic acids is 1. The van der Waals surface area contributed by atoms with Gasteiger partial charge in [-0.3, -0.25) is 23.8 Å². The molecule has 0 unspecified atom stereocenters. The number of benzene rings is 1. The van der Waals surface area contributed by atoms with Crippen LogP contribution in [0.4, 0.5) is 0 Å². The molecule has 156 valence electrons. The molecule has 2 aromatic heterocycles. The van der Waals surface area contributed by atoms with Crippen molar-refractivity contribution in [3.63, 3.8) is 0 Å². The molecular weight excluding hydrogens is 400 g/mol. The second-order valence-corrected chi connectivity index (χ2v) is 8.50.